The standard InChI is InChI=1S/C24H19F2N3O3/c1-13-5-2-10-19-23(13)29(31)20(12-32-19)28-24(30)18-11-14-6-3-7-15(22(14)27-18)21-16(25)8-4-9-17(21)26/h2-11,13,20,27H,12H2,1H3,(H,28,30). The van der Waals surface area contributed by atoms with Crippen LogP contribution >= 0.6 is 0 Å². The van der Waals surface area contributed by atoms with Crippen LogP contribution in [0.1, 0.15) is 17.4 Å². The Labute approximate surface area is 182 Å². The lowest BCUT2D eigenvalue weighted by atomic mass is 9.98. The number of nitrogens with zero attached hydrogens (tertiary/aromatic N) is 1. The second kappa shape index (κ2) is 7.64. The molecule has 0 radical (unpaired) electrons. The Kier molecular flexibility index (Phi) is 4.77. The van der Waals surface area contributed by atoms with Crippen molar-refractivity contribution < 1.29 is 23.1 Å². The molecule has 2 aromatic carbocycles. The number of carbonyl (C=O) groups is 1. The molecule has 1 amide bonds. The SMILES string of the molecule is CC1C=CC=C2OCC(NC(=O)c3cc4cccc(-c5c(F)cccc5F)c4[nH]3)[N+]([O-])=C21. The van der Waals surface area contributed by atoms with Gasteiger partial charge in [-0.2, -0.15) is 4.74 Å². The second-order valence-corrected chi connectivity index (χ2v) is 7.77. The molecule has 0 saturated heterocycles. The van der Waals surface area contributed by atoms with Crippen LogP contribution in [-0.2, 0) is 4.74 Å². The first kappa shape index (κ1) is 20.0. The summed E-state index contributed by atoms with van der Waals surface area (Å²) in [5, 5.41) is 16.1. The first-order valence-corrected chi connectivity index (χ1v) is 10.2. The molecule has 2 N–H and O–H groups in total. The maximum Gasteiger partial charge on any atom is 0.273 e. The molecular formula is C24H19F2N3O3. The highest BCUT2D eigenvalue weighted by Gasteiger charge is 2.36. The van der Waals surface area contributed by atoms with Gasteiger partial charge in [-0.15, -0.1) is 0 Å². The average molecular weight is 435 g/mol. The molecular weight excluding hydrogens is 416 g/mol. The highest BCUT2D eigenvalue weighted by Crippen LogP contribution is 2.32. The summed E-state index contributed by atoms with van der Waals surface area (Å²) in [4.78, 5) is 15.9. The van der Waals surface area contributed by atoms with Gasteiger partial charge in [0.15, 0.2) is 12.4 Å². The maximum atomic E-state index is 14.4. The average Bonchev–Trinajstić information content (AvgIpc) is 3.21. The Bertz CT molecular complexity index is 1320. The second-order valence-electron chi connectivity index (χ2n) is 7.77. The Morgan fingerprint density at radius 2 is 1.97 bits per heavy atom. The summed E-state index contributed by atoms with van der Waals surface area (Å²) >= 11 is 0. The number of ether oxygens (including phenoxy) is 1. The third-order valence-corrected chi connectivity index (χ3v) is 5.68. The number of aromatic nitrogens is 1. The van der Waals surface area contributed by atoms with Crippen LogP contribution in [0, 0.1) is 22.8 Å². The van der Waals surface area contributed by atoms with E-state index in [9.17, 15) is 18.8 Å². The largest absolute Gasteiger partial charge is 0.622 e. The molecule has 0 bridgehead atoms. The first-order valence-electron chi connectivity index (χ1n) is 10.2. The Morgan fingerprint density at radius 1 is 1.22 bits per heavy atom. The number of hydroxylamine groups is 1. The van der Waals surface area contributed by atoms with Gasteiger partial charge in [0.25, 0.3) is 12.1 Å². The van der Waals surface area contributed by atoms with Gasteiger partial charge >= 0.3 is 0 Å². The molecule has 162 valence electrons. The van der Waals surface area contributed by atoms with Gasteiger partial charge in [0, 0.05) is 10.9 Å². The van der Waals surface area contributed by atoms with Crippen LogP contribution < -0.4 is 5.32 Å². The van der Waals surface area contributed by atoms with Crippen molar-refractivity contribution in [3.63, 3.8) is 0 Å². The number of rotatable bonds is 3. The molecule has 5 rings (SSSR count). The number of amides is 1. The summed E-state index contributed by atoms with van der Waals surface area (Å²) in [6, 6.07) is 10.2. The van der Waals surface area contributed by atoms with Crippen molar-refractivity contribution in [3.8, 4) is 11.1 Å². The van der Waals surface area contributed by atoms with Gasteiger partial charge in [-0.25, -0.2) is 8.78 Å². The zero-order valence-corrected chi connectivity index (χ0v) is 17.1. The number of carbonyl (C=O) groups excluding carboxylic acids is 1. The van der Waals surface area contributed by atoms with E-state index in [-0.39, 0.29) is 23.8 Å². The minimum Gasteiger partial charge on any atom is -0.622 e. The summed E-state index contributed by atoms with van der Waals surface area (Å²) < 4.78 is 35.1. The van der Waals surface area contributed by atoms with Gasteiger partial charge in [0.05, 0.1) is 17.0 Å². The van der Waals surface area contributed by atoms with Crippen molar-refractivity contribution in [1.29, 1.82) is 0 Å². The first-order chi connectivity index (χ1) is 15.4. The Hall–Kier alpha value is -3.94. The summed E-state index contributed by atoms with van der Waals surface area (Å²) in [7, 11) is 0. The van der Waals surface area contributed by atoms with E-state index in [0.29, 0.717) is 27.9 Å². The molecule has 6 nitrogen and oxygen atoms in total. The molecule has 2 atom stereocenters. The van der Waals surface area contributed by atoms with Crippen molar-refractivity contribution in [2.75, 3.05) is 6.61 Å². The molecule has 0 saturated carbocycles. The van der Waals surface area contributed by atoms with E-state index in [1.807, 2.05) is 19.1 Å². The topological polar surface area (TPSA) is 80.2 Å². The normalized spacial score (nSPS) is 20.0. The van der Waals surface area contributed by atoms with E-state index >= 15 is 0 Å². The molecule has 32 heavy (non-hydrogen) atoms. The fraction of sp³-hybridized carbons (Fsp3) is 0.167. The molecule has 2 aliphatic rings. The van der Waals surface area contributed by atoms with Gasteiger partial charge in [-0.3, -0.25) is 10.1 Å². The third-order valence-electron chi connectivity index (χ3n) is 5.68. The van der Waals surface area contributed by atoms with Crippen molar-refractivity contribution in [3.05, 3.63) is 89.0 Å². The summed E-state index contributed by atoms with van der Waals surface area (Å²) in [6.45, 7) is 1.87. The highest BCUT2D eigenvalue weighted by atomic mass is 19.1. The lowest BCUT2D eigenvalue weighted by Crippen LogP contribution is -2.51. The van der Waals surface area contributed by atoms with Crippen molar-refractivity contribution in [2.24, 2.45) is 5.92 Å². The molecule has 1 aliphatic carbocycles. The predicted octanol–water partition coefficient (Wildman–Crippen LogP) is 4.24. The van der Waals surface area contributed by atoms with Crippen LogP contribution in [0.2, 0.25) is 0 Å². The number of allylic oxidation sites excluding steroid dienone is 4. The molecule has 0 fully saturated rings. The van der Waals surface area contributed by atoms with Gasteiger partial charge in [0.1, 0.15) is 17.3 Å². The van der Waals surface area contributed by atoms with E-state index in [4.69, 9.17) is 4.74 Å². The number of aromatic amines is 1. The fourth-order valence-electron chi connectivity index (χ4n) is 4.12. The zero-order valence-electron chi connectivity index (χ0n) is 17.1. The molecule has 8 heteroatoms. The molecule has 3 aromatic rings. The molecule has 2 unspecified atom stereocenters. The van der Waals surface area contributed by atoms with E-state index in [1.54, 1.807) is 30.3 Å². The number of hydrogen-bond donors (Lipinski definition) is 2. The predicted molar refractivity (Wildman–Crippen MR) is 116 cm³/mol. The van der Waals surface area contributed by atoms with Crippen molar-refractivity contribution >= 4 is 22.5 Å². The van der Waals surface area contributed by atoms with E-state index in [0.717, 1.165) is 4.74 Å². The van der Waals surface area contributed by atoms with Gasteiger partial charge in [-0.1, -0.05) is 36.4 Å². The summed E-state index contributed by atoms with van der Waals surface area (Å²) in [5.41, 5.74) is 1.18. The zero-order chi connectivity index (χ0) is 22.4. The van der Waals surface area contributed by atoms with Crippen LogP contribution in [0.4, 0.5) is 8.78 Å². The van der Waals surface area contributed by atoms with Crippen LogP contribution in [0.3, 0.4) is 0 Å². The summed E-state index contributed by atoms with van der Waals surface area (Å²) in [6.07, 6.45) is 4.52. The van der Waals surface area contributed by atoms with Crippen molar-refractivity contribution in [1.82, 2.24) is 10.3 Å². The monoisotopic (exact) mass is 435 g/mol. The number of H-pyrrole nitrogens is 1. The van der Waals surface area contributed by atoms with Crippen LogP contribution in [0.5, 0.6) is 0 Å². The number of nitrogens with one attached hydrogen (secondary N) is 2. The van der Waals surface area contributed by atoms with E-state index < -0.39 is 23.7 Å². The van der Waals surface area contributed by atoms with Crippen LogP contribution in [-0.4, -0.2) is 34.1 Å². The highest BCUT2D eigenvalue weighted by molar-refractivity contribution is 6.03. The number of benzene rings is 2. The van der Waals surface area contributed by atoms with Gasteiger partial charge in [-0.05, 0) is 31.2 Å². The van der Waals surface area contributed by atoms with Gasteiger partial charge in [0.2, 0.25) is 5.71 Å². The lowest BCUT2D eigenvalue weighted by Gasteiger charge is -2.29. The molecule has 1 aliphatic heterocycles. The minimum atomic E-state index is -0.904. The summed E-state index contributed by atoms with van der Waals surface area (Å²) in [5.74, 6) is -1.56. The number of para-hydroxylation sites is 1. The van der Waals surface area contributed by atoms with Crippen molar-refractivity contribution in [2.45, 2.75) is 13.1 Å². The number of fused-ring (bicyclic) bond motifs is 2. The fourth-order valence-corrected chi connectivity index (χ4v) is 4.12. The molecule has 0 spiro atoms. The van der Waals surface area contributed by atoms with Gasteiger partial charge < -0.3 is 14.9 Å². The molecule has 2 heterocycles. The van der Waals surface area contributed by atoms with Crippen LogP contribution in [0.25, 0.3) is 22.0 Å². The Balaban J connectivity index is 1.47. The smallest absolute Gasteiger partial charge is 0.273 e. The quantitative estimate of drug-likeness (QED) is 0.477. The Morgan fingerprint density at radius 3 is 2.75 bits per heavy atom. The molecule has 1 aromatic heterocycles. The van der Waals surface area contributed by atoms with E-state index in [1.165, 1.54) is 18.2 Å². The van der Waals surface area contributed by atoms with E-state index in [2.05, 4.69) is 10.3 Å². The third kappa shape index (κ3) is 3.24. The van der Waals surface area contributed by atoms with Crippen LogP contribution in [0.15, 0.2) is 66.5 Å². The number of halogens is 2. The maximum absolute atomic E-state index is 14.4. The lowest BCUT2D eigenvalue weighted by molar-refractivity contribution is -0.518. The number of hydrogen-bond acceptors (Lipinski definition) is 3. The minimum absolute atomic E-state index is 0.00293.